The molecule has 0 fully saturated rings. The van der Waals surface area contributed by atoms with Gasteiger partial charge in [0.05, 0.1) is 6.54 Å². The largest absolute Gasteiger partial charge is 0.361 e. The number of nitrogens with one attached hydrogen (secondary N) is 2. The molecule has 1 aromatic rings. The molecule has 0 spiro atoms. The minimum atomic E-state index is -0.0836. The van der Waals surface area contributed by atoms with Gasteiger partial charge in [0, 0.05) is 12.2 Å². The zero-order chi connectivity index (χ0) is 11.3. The summed E-state index contributed by atoms with van der Waals surface area (Å²) in [6.07, 6.45) is 1.53. The third kappa shape index (κ3) is 4.60. The fourth-order valence-corrected chi connectivity index (χ4v) is 1.12. The van der Waals surface area contributed by atoms with Crippen molar-refractivity contribution in [2.75, 3.05) is 11.9 Å². The molecule has 0 radical (unpaired) electrons. The lowest BCUT2D eigenvalue weighted by Gasteiger charge is -2.09. The molecular weight excluding hydrogens is 216 g/mol. The van der Waals surface area contributed by atoms with E-state index in [-0.39, 0.29) is 23.8 Å². The second kappa shape index (κ2) is 5.50. The molecular formula is C9H13ClN4O. The van der Waals surface area contributed by atoms with Gasteiger partial charge in [-0.05, 0) is 31.5 Å². The Labute approximate surface area is 93.3 Å². The lowest BCUT2D eigenvalue weighted by Crippen LogP contribution is -2.34. The van der Waals surface area contributed by atoms with Crippen LogP contribution in [0.4, 0.5) is 5.82 Å². The number of nitrogens with zero attached hydrogens (tertiary/aromatic N) is 2. The lowest BCUT2D eigenvalue weighted by atomic mass is 10.4. The van der Waals surface area contributed by atoms with Crippen LogP contribution >= 0.6 is 11.6 Å². The van der Waals surface area contributed by atoms with E-state index in [9.17, 15) is 4.79 Å². The molecule has 1 rings (SSSR count). The van der Waals surface area contributed by atoms with Gasteiger partial charge in [-0.1, -0.05) is 0 Å². The third-order valence-corrected chi connectivity index (χ3v) is 1.69. The van der Waals surface area contributed by atoms with Gasteiger partial charge in [0.1, 0.15) is 5.82 Å². The van der Waals surface area contributed by atoms with Gasteiger partial charge < -0.3 is 10.6 Å². The molecule has 0 saturated heterocycles. The number of hydrogen-bond acceptors (Lipinski definition) is 4. The van der Waals surface area contributed by atoms with Crippen molar-refractivity contribution in [2.24, 2.45) is 0 Å². The molecule has 0 unspecified atom stereocenters. The van der Waals surface area contributed by atoms with Crippen molar-refractivity contribution in [2.45, 2.75) is 19.9 Å². The Kier molecular flexibility index (Phi) is 4.30. The molecule has 0 bridgehead atoms. The minimum absolute atomic E-state index is 0.0836. The molecule has 82 valence electrons. The van der Waals surface area contributed by atoms with Gasteiger partial charge in [0.25, 0.3) is 0 Å². The zero-order valence-corrected chi connectivity index (χ0v) is 9.38. The summed E-state index contributed by atoms with van der Waals surface area (Å²) < 4.78 is 0. The van der Waals surface area contributed by atoms with E-state index in [0.29, 0.717) is 5.82 Å². The number of amides is 1. The highest BCUT2D eigenvalue weighted by Crippen LogP contribution is 2.04. The van der Waals surface area contributed by atoms with Crippen molar-refractivity contribution >= 4 is 23.3 Å². The van der Waals surface area contributed by atoms with E-state index in [1.165, 1.54) is 6.20 Å². The van der Waals surface area contributed by atoms with Gasteiger partial charge in [-0.15, -0.1) is 0 Å². The Morgan fingerprint density at radius 2 is 2.33 bits per heavy atom. The summed E-state index contributed by atoms with van der Waals surface area (Å²) in [5, 5.41) is 5.75. The van der Waals surface area contributed by atoms with Gasteiger partial charge >= 0.3 is 0 Å². The smallest absolute Gasteiger partial charge is 0.239 e. The summed E-state index contributed by atoms with van der Waals surface area (Å²) in [6, 6.07) is 1.78. The van der Waals surface area contributed by atoms with E-state index in [2.05, 4.69) is 20.6 Å². The second-order valence-electron chi connectivity index (χ2n) is 3.29. The summed E-state index contributed by atoms with van der Waals surface area (Å²) in [7, 11) is 0. The van der Waals surface area contributed by atoms with E-state index in [0.717, 1.165) is 0 Å². The predicted molar refractivity (Wildman–Crippen MR) is 58.8 cm³/mol. The average Bonchev–Trinajstić information content (AvgIpc) is 2.14. The van der Waals surface area contributed by atoms with E-state index in [4.69, 9.17) is 11.6 Å². The molecule has 0 saturated carbocycles. The van der Waals surface area contributed by atoms with Crippen LogP contribution in [-0.4, -0.2) is 28.5 Å². The van der Waals surface area contributed by atoms with Gasteiger partial charge in [-0.2, -0.15) is 0 Å². The van der Waals surface area contributed by atoms with Crippen molar-refractivity contribution in [3.63, 3.8) is 0 Å². The summed E-state index contributed by atoms with van der Waals surface area (Å²) in [4.78, 5) is 18.9. The van der Waals surface area contributed by atoms with Crippen LogP contribution in [-0.2, 0) is 4.79 Å². The SMILES string of the molecule is CC(C)NC(=O)CNc1ccnc(Cl)n1. The molecule has 0 aromatic carbocycles. The van der Waals surface area contributed by atoms with Crippen LogP contribution < -0.4 is 10.6 Å². The topological polar surface area (TPSA) is 66.9 Å². The number of halogens is 1. The Morgan fingerprint density at radius 1 is 1.60 bits per heavy atom. The van der Waals surface area contributed by atoms with Crippen molar-refractivity contribution in [3.8, 4) is 0 Å². The summed E-state index contributed by atoms with van der Waals surface area (Å²) in [5.41, 5.74) is 0. The first-order valence-corrected chi connectivity index (χ1v) is 4.97. The molecule has 0 aliphatic carbocycles. The first-order valence-electron chi connectivity index (χ1n) is 4.59. The maximum Gasteiger partial charge on any atom is 0.239 e. The van der Waals surface area contributed by atoms with E-state index in [1.54, 1.807) is 6.07 Å². The standard InChI is InChI=1S/C9H13ClN4O/c1-6(2)13-8(15)5-12-7-3-4-11-9(10)14-7/h3-4,6H,5H2,1-2H3,(H,13,15)(H,11,12,14). The van der Waals surface area contributed by atoms with Crippen molar-refractivity contribution in [3.05, 3.63) is 17.5 Å². The van der Waals surface area contributed by atoms with Crippen LogP contribution in [0.2, 0.25) is 5.28 Å². The Morgan fingerprint density at radius 3 is 2.93 bits per heavy atom. The normalized spacial score (nSPS) is 10.1. The third-order valence-electron chi connectivity index (χ3n) is 1.51. The fourth-order valence-electron chi connectivity index (χ4n) is 0.977. The Bertz CT molecular complexity index is 343. The van der Waals surface area contributed by atoms with Crippen molar-refractivity contribution in [1.82, 2.24) is 15.3 Å². The monoisotopic (exact) mass is 228 g/mol. The quantitative estimate of drug-likeness (QED) is 0.757. The van der Waals surface area contributed by atoms with Crippen LogP contribution in [0.15, 0.2) is 12.3 Å². The van der Waals surface area contributed by atoms with E-state index in [1.807, 2.05) is 13.8 Å². The highest BCUT2D eigenvalue weighted by molar-refractivity contribution is 6.28. The zero-order valence-electron chi connectivity index (χ0n) is 8.62. The van der Waals surface area contributed by atoms with Gasteiger partial charge in [-0.25, -0.2) is 9.97 Å². The van der Waals surface area contributed by atoms with Gasteiger partial charge in [0.15, 0.2) is 0 Å². The number of aromatic nitrogens is 2. The molecule has 1 amide bonds. The summed E-state index contributed by atoms with van der Waals surface area (Å²) in [6.45, 7) is 3.98. The molecule has 1 heterocycles. The summed E-state index contributed by atoms with van der Waals surface area (Å²) in [5.74, 6) is 0.452. The first-order chi connectivity index (χ1) is 7.08. The number of rotatable bonds is 4. The predicted octanol–water partition coefficient (Wildman–Crippen LogP) is 1.07. The average molecular weight is 229 g/mol. The first kappa shape index (κ1) is 11.7. The Hall–Kier alpha value is -1.36. The summed E-state index contributed by atoms with van der Waals surface area (Å²) >= 11 is 5.58. The minimum Gasteiger partial charge on any atom is -0.361 e. The Balaban J connectivity index is 2.40. The van der Waals surface area contributed by atoms with Crippen molar-refractivity contribution < 1.29 is 4.79 Å². The van der Waals surface area contributed by atoms with Crippen LogP contribution in [0.3, 0.4) is 0 Å². The van der Waals surface area contributed by atoms with Crippen LogP contribution in [0.25, 0.3) is 0 Å². The number of carbonyl (C=O) groups is 1. The van der Waals surface area contributed by atoms with Crippen LogP contribution in [0.1, 0.15) is 13.8 Å². The molecule has 2 N–H and O–H groups in total. The molecule has 6 heteroatoms. The van der Waals surface area contributed by atoms with Gasteiger partial charge in [-0.3, -0.25) is 4.79 Å². The van der Waals surface area contributed by atoms with Crippen molar-refractivity contribution in [1.29, 1.82) is 0 Å². The maximum absolute atomic E-state index is 11.3. The molecule has 1 aromatic heterocycles. The molecule has 0 atom stereocenters. The highest BCUT2D eigenvalue weighted by Gasteiger charge is 2.03. The molecule has 15 heavy (non-hydrogen) atoms. The molecule has 0 aliphatic rings. The molecule has 0 aliphatic heterocycles. The number of anilines is 1. The highest BCUT2D eigenvalue weighted by atomic mass is 35.5. The van der Waals surface area contributed by atoms with Crippen LogP contribution in [0, 0.1) is 0 Å². The molecule has 5 nitrogen and oxygen atoms in total. The fraction of sp³-hybridized carbons (Fsp3) is 0.444. The number of hydrogen-bond donors (Lipinski definition) is 2. The van der Waals surface area contributed by atoms with E-state index < -0.39 is 0 Å². The van der Waals surface area contributed by atoms with Crippen LogP contribution in [0.5, 0.6) is 0 Å². The van der Waals surface area contributed by atoms with E-state index >= 15 is 0 Å². The second-order valence-corrected chi connectivity index (χ2v) is 3.62. The number of carbonyl (C=O) groups excluding carboxylic acids is 1. The van der Waals surface area contributed by atoms with Gasteiger partial charge in [0.2, 0.25) is 11.2 Å². The lowest BCUT2D eigenvalue weighted by molar-refractivity contribution is -0.119. The maximum atomic E-state index is 11.3.